The van der Waals surface area contributed by atoms with Crippen LogP contribution in [0.4, 0.5) is 0 Å². The van der Waals surface area contributed by atoms with Gasteiger partial charge in [-0.2, -0.15) is 0 Å². The van der Waals surface area contributed by atoms with Crippen LogP contribution in [0.5, 0.6) is 5.75 Å². The number of nitrogens with zero attached hydrogens (tertiary/aromatic N) is 1. The summed E-state index contributed by atoms with van der Waals surface area (Å²) in [5, 5.41) is 9.42. The molecule has 1 heterocycles. The first-order chi connectivity index (χ1) is 8.69. The average Bonchev–Trinajstić information content (AvgIpc) is 2.34. The van der Waals surface area contributed by atoms with Crippen LogP contribution >= 0.6 is 0 Å². The van der Waals surface area contributed by atoms with Crippen LogP contribution in [-0.4, -0.2) is 50.5 Å². The molecule has 4 nitrogen and oxygen atoms in total. The van der Waals surface area contributed by atoms with Crippen LogP contribution in [0.1, 0.15) is 5.56 Å². The standard InChI is InChI=1S/C14H21NO3/c1-15(8-14(9-16)10-18-11-14)7-12-5-3-4-6-13(12)17-2/h3-6,16H,7-11H2,1-2H3. The van der Waals surface area contributed by atoms with Crippen molar-refractivity contribution in [2.75, 3.05) is 40.5 Å². The summed E-state index contributed by atoms with van der Waals surface area (Å²) in [5.41, 5.74) is 1.09. The summed E-state index contributed by atoms with van der Waals surface area (Å²) >= 11 is 0. The van der Waals surface area contributed by atoms with Gasteiger partial charge < -0.3 is 19.5 Å². The smallest absolute Gasteiger partial charge is 0.123 e. The van der Waals surface area contributed by atoms with E-state index in [4.69, 9.17) is 9.47 Å². The van der Waals surface area contributed by atoms with Gasteiger partial charge in [-0.1, -0.05) is 18.2 Å². The van der Waals surface area contributed by atoms with Crippen LogP contribution in [0.2, 0.25) is 0 Å². The molecular formula is C14H21NO3. The fourth-order valence-electron chi connectivity index (χ4n) is 2.38. The first-order valence-corrected chi connectivity index (χ1v) is 6.18. The molecular weight excluding hydrogens is 230 g/mol. The number of rotatable bonds is 6. The van der Waals surface area contributed by atoms with Crippen molar-refractivity contribution in [3.63, 3.8) is 0 Å². The molecule has 0 bridgehead atoms. The molecule has 1 saturated heterocycles. The van der Waals surface area contributed by atoms with Crippen LogP contribution in [0.15, 0.2) is 24.3 Å². The highest BCUT2D eigenvalue weighted by Crippen LogP contribution is 2.28. The van der Waals surface area contributed by atoms with Crippen molar-refractivity contribution in [3.8, 4) is 5.75 Å². The van der Waals surface area contributed by atoms with Crippen molar-refractivity contribution in [1.82, 2.24) is 4.90 Å². The van der Waals surface area contributed by atoms with E-state index in [1.54, 1.807) is 7.11 Å². The molecule has 0 unspecified atom stereocenters. The molecule has 4 heteroatoms. The molecule has 0 radical (unpaired) electrons. The lowest BCUT2D eigenvalue weighted by molar-refractivity contribution is -0.147. The van der Waals surface area contributed by atoms with Gasteiger partial charge in [0.25, 0.3) is 0 Å². The van der Waals surface area contributed by atoms with Crippen LogP contribution in [0.3, 0.4) is 0 Å². The van der Waals surface area contributed by atoms with E-state index < -0.39 is 0 Å². The number of aliphatic hydroxyl groups excluding tert-OH is 1. The van der Waals surface area contributed by atoms with Crippen molar-refractivity contribution < 1.29 is 14.6 Å². The lowest BCUT2D eigenvalue weighted by Crippen LogP contribution is -2.52. The van der Waals surface area contributed by atoms with Crippen molar-refractivity contribution >= 4 is 0 Å². The molecule has 18 heavy (non-hydrogen) atoms. The van der Waals surface area contributed by atoms with Crippen LogP contribution in [0.25, 0.3) is 0 Å². The van der Waals surface area contributed by atoms with Crippen LogP contribution < -0.4 is 4.74 Å². The summed E-state index contributed by atoms with van der Waals surface area (Å²) in [7, 11) is 3.75. The van der Waals surface area contributed by atoms with E-state index >= 15 is 0 Å². The Labute approximate surface area is 108 Å². The molecule has 1 fully saturated rings. The number of hydrogen-bond donors (Lipinski definition) is 1. The van der Waals surface area contributed by atoms with E-state index in [1.165, 1.54) is 0 Å². The SMILES string of the molecule is COc1ccccc1CN(C)CC1(CO)COC1. The summed E-state index contributed by atoms with van der Waals surface area (Å²) in [6.45, 7) is 3.14. The third-order valence-corrected chi connectivity index (χ3v) is 3.39. The number of ether oxygens (including phenoxy) is 2. The lowest BCUT2D eigenvalue weighted by Gasteiger charge is -2.42. The normalized spacial score (nSPS) is 17.6. The highest BCUT2D eigenvalue weighted by atomic mass is 16.5. The molecule has 0 amide bonds. The van der Waals surface area contributed by atoms with Gasteiger partial charge in [0.05, 0.1) is 32.3 Å². The van der Waals surface area contributed by atoms with E-state index in [1.807, 2.05) is 18.2 Å². The average molecular weight is 251 g/mol. The molecule has 2 rings (SSSR count). The van der Waals surface area contributed by atoms with Gasteiger partial charge in [-0.05, 0) is 13.1 Å². The van der Waals surface area contributed by atoms with Gasteiger partial charge in [0.1, 0.15) is 5.75 Å². The molecule has 1 aromatic rings. The van der Waals surface area contributed by atoms with Crippen molar-refractivity contribution in [2.45, 2.75) is 6.54 Å². The number of methoxy groups -OCH3 is 1. The lowest BCUT2D eigenvalue weighted by atomic mass is 9.86. The summed E-state index contributed by atoms with van der Waals surface area (Å²) in [5.74, 6) is 0.909. The van der Waals surface area contributed by atoms with Gasteiger partial charge in [-0.3, -0.25) is 0 Å². The van der Waals surface area contributed by atoms with Gasteiger partial charge in [0.2, 0.25) is 0 Å². The minimum atomic E-state index is -0.0727. The Morgan fingerprint density at radius 1 is 1.39 bits per heavy atom. The first-order valence-electron chi connectivity index (χ1n) is 6.18. The summed E-state index contributed by atoms with van der Waals surface area (Å²) < 4.78 is 10.6. The quantitative estimate of drug-likeness (QED) is 0.823. The zero-order valence-electron chi connectivity index (χ0n) is 11.1. The van der Waals surface area contributed by atoms with Gasteiger partial charge >= 0.3 is 0 Å². The Morgan fingerprint density at radius 2 is 2.11 bits per heavy atom. The second kappa shape index (κ2) is 5.69. The molecule has 1 aliphatic heterocycles. The first kappa shape index (κ1) is 13.3. The Balaban J connectivity index is 1.96. The largest absolute Gasteiger partial charge is 0.496 e. The summed E-state index contributed by atoms with van der Waals surface area (Å²) in [6.07, 6.45) is 0. The van der Waals surface area contributed by atoms with E-state index in [-0.39, 0.29) is 12.0 Å². The van der Waals surface area contributed by atoms with Gasteiger partial charge in [-0.25, -0.2) is 0 Å². The van der Waals surface area contributed by atoms with E-state index in [2.05, 4.69) is 18.0 Å². The Morgan fingerprint density at radius 3 is 2.67 bits per heavy atom. The fourth-order valence-corrected chi connectivity index (χ4v) is 2.38. The van der Waals surface area contributed by atoms with Crippen molar-refractivity contribution in [1.29, 1.82) is 0 Å². The fraction of sp³-hybridized carbons (Fsp3) is 0.571. The zero-order chi connectivity index (χ0) is 13.0. The number of benzene rings is 1. The molecule has 100 valence electrons. The molecule has 1 aromatic carbocycles. The Bertz CT molecular complexity index is 385. The van der Waals surface area contributed by atoms with Crippen LogP contribution in [-0.2, 0) is 11.3 Å². The summed E-state index contributed by atoms with van der Waals surface area (Å²) in [6, 6.07) is 8.02. The maximum absolute atomic E-state index is 9.42. The highest BCUT2D eigenvalue weighted by Gasteiger charge is 2.38. The van der Waals surface area contributed by atoms with Crippen molar-refractivity contribution in [2.24, 2.45) is 5.41 Å². The van der Waals surface area contributed by atoms with E-state index in [0.717, 1.165) is 24.4 Å². The third-order valence-electron chi connectivity index (χ3n) is 3.39. The van der Waals surface area contributed by atoms with Gasteiger partial charge in [0, 0.05) is 18.7 Å². The number of aliphatic hydroxyl groups is 1. The molecule has 1 N–H and O–H groups in total. The minimum absolute atomic E-state index is 0.0727. The molecule has 0 spiro atoms. The predicted molar refractivity (Wildman–Crippen MR) is 69.7 cm³/mol. The maximum Gasteiger partial charge on any atom is 0.123 e. The molecule has 0 aromatic heterocycles. The molecule has 0 aliphatic carbocycles. The van der Waals surface area contributed by atoms with E-state index in [9.17, 15) is 5.11 Å². The predicted octanol–water partition coefficient (Wildman–Crippen LogP) is 1.14. The van der Waals surface area contributed by atoms with Crippen LogP contribution in [0, 0.1) is 5.41 Å². The Kier molecular flexibility index (Phi) is 4.22. The van der Waals surface area contributed by atoms with Gasteiger partial charge in [0.15, 0.2) is 0 Å². The molecule has 0 saturated carbocycles. The topological polar surface area (TPSA) is 41.9 Å². The maximum atomic E-state index is 9.42. The number of hydrogen-bond acceptors (Lipinski definition) is 4. The Hall–Kier alpha value is -1.10. The van der Waals surface area contributed by atoms with Crippen molar-refractivity contribution in [3.05, 3.63) is 29.8 Å². The number of para-hydroxylation sites is 1. The summed E-state index contributed by atoms with van der Waals surface area (Å²) in [4.78, 5) is 2.20. The minimum Gasteiger partial charge on any atom is -0.496 e. The monoisotopic (exact) mass is 251 g/mol. The highest BCUT2D eigenvalue weighted by molar-refractivity contribution is 5.33. The molecule has 0 atom stereocenters. The zero-order valence-corrected chi connectivity index (χ0v) is 11.1. The second-order valence-electron chi connectivity index (χ2n) is 5.14. The second-order valence-corrected chi connectivity index (χ2v) is 5.14. The molecule has 1 aliphatic rings. The van der Waals surface area contributed by atoms with Gasteiger partial charge in [-0.15, -0.1) is 0 Å². The third kappa shape index (κ3) is 2.83. The van der Waals surface area contributed by atoms with E-state index in [0.29, 0.717) is 13.2 Å².